The molecule has 1 fully saturated rings. The summed E-state index contributed by atoms with van der Waals surface area (Å²) in [5, 5.41) is 0. The van der Waals surface area contributed by atoms with Gasteiger partial charge in [0.2, 0.25) is 5.91 Å². The molecule has 0 N–H and O–H groups in total. The highest BCUT2D eigenvalue weighted by Crippen LogP contribution is 2.33. The molecule has 1 unspecified atom stereocenters. The van der Waals surface area contributed by atoms with Gasteiger partial charge in [-0.25, -0.2) is 0 Å². The highest BCUT2D eigenvalue weighted by Gasteiger charge is 2.36. The number of carbonyl (C=O) groups excluding carboxylic acids is 1. The van der Waals surface area contributed by atoms with E-state index in [1.54, 1.807) is 0 Å². The Morgan fingerprint density at radius 1 is 1.38 bits per heavy atom. The Bertz CT molecular complexity index is 201. The van der Waals surface area contributed by atoms with Crippen molar-refractivity contribution in [2.24, 2.45) is 11.3 Å². The zero-order valence-corrected chi connectivity index (χ0v) is 9.42. The van der Waals surface area contributed by atoms with Crippen molar-refractivity contribution in [2.45, 2.75) is 46.6 Å². The molecule has 1 amide bonds. The molecule has 0 radical (unpaired) electrons. The SMILES string of the molecule is CC(N(C)C(=O)C1CC1)C(C)(C)C. The van der Waals surface area contributed by atoms with Crippen LogP contribution in [0.1, 0.15) is 40.5 Å². The van der Waals surface area contributed by atoms with E-state index in [0.29, 0.717) is 17.9 Å². The summed E-state index contributed by atoms with van der Waals surface area (Å²) >= 11 is 0. The summed E-state index contributed by atoms with van der Waals surface area (Å²) < 4.78 is 0. The zero-order chi connectivity index (χ0) is 10.2. The predicted molar refractivity (Wildman–Crippen MR) is 54.4 cm³/mol. The first kappa shape index (κ1) is 10.6. The summed E-state index contributed by atoms with van der Waals surface area (Å²) in [4.78, 5) is 13.6. The lowest BCUT2D eigenvalue weighted by Crippen LogP contribution is -2.43. The first-order chi connectivity index (χ1) is 5.84. The average molecular weight is 183 g/mol. The van der Waals surface area contributed by atoms with Crippen molar-refractivity contribution in [3.05, 3.63) is 0 Å². The van der Waals surface area contributed by atoms with Gasteiger partial charge in [-0.15, -0.1) is 0 Å². The first-order valence-corrected chi connectivity index (χ1v) is 5.10. The number of nitrogens with zero attached hydrogens (tertiary/aromatic N) is 1. The minimum atomic E-state index is 0.180. The lowest BCUT2D eigenvalue weighted by Gasteiger charge is -2.35. The molecule has 0 aromatic heterocycles. The Labute approximate surface area is 81.3 Å². The molecule has 13 heavy (non-hydrogen) atoms. The van der Waals surface area contributed by atoms with E-state index in [4.69, 9.17) is 0 Å². The molecule has 1 saturated carbocycles. The topological polar surface area (TPSA) is 20.3 Å². The number of carbonyl (C=O) groups is 1. The number of hydrogen-bond acceptors (Lipinski definition) is 1. The van der Waals surface area contributed by atoms with Crippen LogP contribution in [0.5, 0.6) is 0 Å². The van der Waals surface area contributed by atoms with Crippen molar-refractivity contribution in [2.75, 3.05) is 7.05 Å². The molecule has 76 valence electrons. The van der Waals surface area contributed by atoms with Crippen LogP contribution in [0.15, 0.2) is 0 Å². The van der Waals surface area contributed by atoms with Gasteiger partial charge < -0.3 is 4.90 Å². The van der Waals surface area contributed by atoms with E-state index in [0.717, 1.165) is 12.8 Å². The maximum atomic E-state index is 11.7. The van der Waals surface area contributed by atoms with E-state index in [1.165, 1.54) is 0 Å². The monoisotopic (exact) mass is 183 g/mol. The molecule has 0 heterocycles. The number of rotatable bonds is 2. The summed E-state index contributed by atoms with van der Waals surface area (Å²) in [5.74, 6) is 0.678. The maximum absolute atomic E-state index is 11.7. The van der Waals surface area contributed by atoms with Crippen LogP contribution in [0.3, 0.4) is 0 Å². The maximum Gasteiger partial charge on any atom is 0.225 e. The summed E-state index contributed by atoms with van der Waals surface area (Å²) in [7, 11) is 1.93. The molecule has 0 bridgehead atoms. The fourth-order valence-corrected chi connectivity index (χ4v) is 1.39. The van der Waals surface area contributed by atoms with Crippen molar-refractivity contribution in [1.82, 2.24) is 4.90 Å². The molecule has 0 aromatic rings. The summed E-state index contributed by atoms with van der Waals surface area (Å²) in [6.07, 6.45) is 2.19. The second-order valence-electron chi connectivity index (χ2n) is 5.27. The van der Waals surface area contributed by atoms with E-state index in [1.807, 2.05) is 11.9 Å². The molecule has 0 aromatic carbocycles. The summed E-state index contributed by atoms with van der Waals surface area (Å²) in [6.45, 7) is 8.65. The lowest BCUT2D eigenvalue weighted by atomic mass is 9.87. The van der Waals surface area contributed by atoms with Crippen molar-refractivity contribution in [3.63, 3.8) is 0 Å². The molecule has 1 aliphatic rings. The van der Waals surface area contributed by atoms with Gasteiger partial charge in [-0.1, -0.05) is 20.8 Å². The Hall–Kier alpha value is -0.530. The molecular weight excluding hydrogens is 162 g/mol. The minimum absolute atomic E-state index is 0.180. The van der Waals surface area contributed by atoms with Crippen LogP contribution in [-0.4, -0.2) is 23.9 Å². The standard InChI is InChI=1S/C11H21NO/c1-8(11(2,3)4)12(5)10(13)9-6-7-9/h8-9H,6-7H2,1-5H3. The van der Waals surface area contributed by atoms with Gasteiger partial charge in [-0.2, -0.15) is 0 Å². The van der Waals surface area contributed by atoms with Gasteiger partial charge in [0.15, 0.2) is 0 Å². The fourth-order valence-electron chi connectivity index (χ4n) is 1.39. The van der Waals surface area contributed by atoms with Gasteiger partial charge in [0.1, 0.15) is 0 Å². The molecule has 1 rings (SSSR count). The Morgan fingerprint density at radius 2 is 1.85 bits per heavy atom. The molecule has 0 saturated heterocycles. The van der Waals surface area contributed by atoms with E-state index in [-0.39, 0.29) is 5.41 Å². The van der Waals surface area contributed by atoms with Crippen LogP contribution in [-0.2, 0) is 4.79 Å². The third-order valence-electron chi connectivity index (χ3n) is 3.11. The minimum Gasteiger partial charge on any atom is -0.342 e. The summed E-state index contributed by atoms with van der Waals surface area (Å²) in [5.41, 5.74) is 0.180. The largest absolute Gasteiger partial charge is 0.342 e. The van der Waals surface area contributed by atoms with Crippen LogP contribution in [0, 0.1) is 11.3 Å². The van der Waals surface area contributed by atoms with Crippen LogP contribution in [0.2, 0.25) is 0 Å². The van der Waals surface area contributed by atoms with Crippen LogP contribution in [0.4, 0.5) is 0 Å². The molecular formula is C11H21NO. The zero-order valence-electron chi connectivity index (χ0n) is 9.42. The van der Waals surface area contributed by atoms with E-state index in [9.17, 15) is 4.79 Å². The van der Waals surface area contributed by atoms with Crippen LogP contribution in [0.25, 0.3) is 0 Å². The number of hydrogen-bond donors (Lipinski definition) is 0. The quantitative estimate of drug-likeness (QED) is 0.643. The van der Waals surface area contributed by atoms with Gasteiger partial charge in [0, 0.05) is 19.0 Å². The smallest absolute Gasteiger partial charge is 0.225 e. The van der Waals surface area contributed by atoms with Crippen molar-refractivity contribution >= 4 is 5.91 Å². The molecule has 1 aliphatic carbocycles. The molecule has 1 atom stereocenters. The van der Waals surface area contributed by atoms with Crippen LogP contribution < -0.4 is 0 Å². The molecule has 2 heteroatoms. The number of amides is 1. The van der Waals surface area contributed by atoms with Gasteiger partial charge in [-0.3, -0.25) is 4.79 Å². The summed E-state index contributed by atoms with van der Waals surface area (Å²) in [6, 6.07) is 0.320. The molecule has 2 nitrogen and oxygen atoms in total. The van der Waals surface area contributed by atoms with Gasteiger partial charge in [-0.05, 0) is 25.2 Å². The van der Waals surface area contributed by atoms with Gasteiger partial charge in [0.25, 0.3) is 0 Å². The third kappa shape index (κ3) is 2.45. The molecule has 0 spiro atoms. The fraction of sp³-hybridized carbons (Fsp3) is 0.909. The highest BCUT2D eigenvalue weighted by molar-refractivity contribution is 5.81. The first-order valence-electron chi connectivity index (χ1n) is 5.10. The van der Waals surface area contributed by atoms with E-state index < -0.39 is 0 Å². The van der Waals surface area contributed by atoms with Crippen molar-refractivity contribution in [3.8, 4) is 0 Å². The Kier molecular flexibility index (Phi) is 2.69. The second-order valence-corrected chi connectivity index (χ2v) is 5.27. The Balaban J connectivity index is 2.55. The lowest BCUT2D eigenvalue weighted by molar-refractivity contribution is -0.135. The van der Waals surface area contributed by atoms with Crippen molar-refractivity contribution < 1.29 is 4.79 Å². The normalized spacial score (nSPS) is 19.8. The predicted octanol–water partition coefficient (Wildman–Crippen LogP) is 2.29. The van der Waals surface area contributed by atoms with Crippen LogP contribution >= 0.6 is 0 Å². The van der Waals surface area contributed by atoms with E-state index >= 15 is 0 Å². The molecule has 0 aliphatic heterocycles. The average Bonchev–Trinajstić information content (AvgIpc) is 2.81. The van der Waals surface area contributed by atoms with Crippen molar-refractivity contribution in [1.29, 1.82) is 0 Å². The highest BCUT2D eigenvalue weighted by atomic mass is 16.2. The second kappa shape index (κ2) is 3.32. The Morgan fingerprint density at radius 3 is 2.15 bits per heavy atom. The third-order valence-corrected chi connectivity index (χ3v) is 3.11. The van der Waals surface area contributed by atoms with Gasteiger partial charge >= 0.3 is 0 Å². The van der Waals surface area contributed by atoms with E-state index in [2.05, 4.69) is 27.7 Å². The van der Waals surface area contributed by atoms with Gasteiger partial charge in [0.05, 0.1) is 0 Å².